The van der Waals surface area contributed by atoms with Crippen LogP contribution in [0.3, 0.4) is 0 Å². The van der Waals surface area contributed by atoms with Gasteiger partial charge in [-0.05, 0) is 55.1 Å². The Balaban J connectivity index is 2.12. The number of hydrogen-bond acceptors (Lipinski definition) is 1. The van der Waals surface area contributed by atoms with Gasteiger partial charge in [-0.1, -0.05) is 26.8 Å². The monoisotopic (exact) mass is 291 g/mol. The zero-order valence-corrected chi connectivity index (χ0v) is 13.0. The minimum atomic E-state index is -0.571. The average Bonchev–Trinajstić information content (AvgIpc) is 2.41. The van der Waals surface area contributed by atoms with Crippen LogP contribution in [0.2, 0.25) is 0 Å². The van der Waals surface area contributed by atoms with Crippen LogP contribution in [0.15, 0.2) is 18.2 Å². The summed E-state index contributed by atoms with van der Waals surface area (Å²) in [5.74, 6) is -0.502. The SMILES string of the molecule is CC(C)(C)C1CCC(C#N)(Cc2ccc(F)cc2F)CC1. The highest BCUT2D eigenvalue weighted by Gasteiger charge is 2.39. The smallest absolute Gasteiger partial charge is 0.129 e. The molecule has 2 rings (SSSR count). The normalized spacial score (nSPS) is 26.4. The molecule has 1 aliphatic carbocycles. The summed E-state index contributed by atoms with van der Waals surface area (Å²) in [5.41, 5.74) is 0.204. The van der Waals surface area contributed by atoms with E-state index in [-0.39, 0.29) is 5.41 Å². The summed E-state index contributed by atoms with van der Waals surface area (Å²) < 4.78 is 26.8. The second-order valence-corrected chi connectivity index (χ2v) is 7.44. The lowest BCUT2D eigenvalue weighted by Crippen LogP contribution is -2.33. The van der Waals surface area contributed by atoms with Gasteiger partial charge < -0.3 is 0 Å². The number of benzene rings is 1. The molecule has 0 bridgehead atoms. The topological polar surface area (TPSA) is 23.8 Å². The van der Waals surface area contributed by atoms with Crippen LogP contribution in [-0.2, 0) is 6.42 Å². The first-order chi connectivity index (χ1) is 9.76. The van der Waals surface area contributed by atoms with Crippen molar-refractivity contribution in [2.24, 2.45) is 16.7 Å². The lowest BCUT2D eigenvalue weighted by atomic mass is 9.63. The molecule has 1 aliphatic rings. The molecule has 0 unspecified atom stereocenters. The van der Waals surface area contributed by atoms with Gasteiger partial charge in [-0.15, -0.1) is 0 Å². The Morgan fingerprint density at radius 2 is 1.86 bits per heavy atom. The van der Waals surface area contributed by atoms with Gasteiger partial charge in [-0.3, -0.25) is 0 Å². The maximum absolute atomic E-state index is 13.8. The maximum Gasteiger partial charge on any atom is 0.129 e. The summed E-state index contributed by atoms with van der Waals surface area (Å²) in [6.45, 7) is 6.70. The molecule has 1 aromatic rings. The Morgan fingerprint density at radius 3 is 2.33 bits per heavy atom. The quantitative estimate of drug-likeness (QED) is 0.729. The molecule has 0 radical (unpaired) electrons. The molecular weight excluding hydrogens is 268 g/mol. The van der Waals surface area contributed by atoms with Crippen LogP contribution >= 0.6 is 0 Å². The molecule has 3 heteroatoms. The fourth-order valence-corrected chi connectivity index (χ4v) is 3.39. The molecule has 0 aliphatic heterocycles. The first-order valence-electron chi connectivity index (χ1n) is 7.61. The zero-order chi connectivity index (χ0) is 15.7. The van der Waals surface area contributed by atoms with E-state index in [1.165, 1.54) is 12.1 Å². The maximum atomic E-state index is 13.8. The summed E-state index contributed by atoms with van der Waals surface area (Å²) in [7, 11) is 0. The Bertz CT molecular complexity index is 543. The van der Waals surface area contributed by atoms with E-state index in [1.54, 1.807) is 0 Å². The number of rotatable bonds is 2. The van der Waals surface area contributed by atoms with Gasteiger partial charge >= 0.3 is 0 Å². The van der Waals surface area contributed by atoms with E-state index in [2.05, 4.69) is 26.8 Å². The predicted octanol–water partition coefficient (Wildman–Crippen LogP) is 5.25. The molecule has 0 aromatic heterocycles. The largest absolute Gasteiger partial charge is 0.207 e. The summed E-state index contributed by atoms with van der Waals surface area (Å²) in [6, 6.07) is 6.06. The molecular formula is C18H23F2N. The van der Waals surface area contributed by atoms with E-state index in [0.717, 1.165) is 31.7 Å². The van der Waals surface area contributed by atoms with Gasteiger partial charge in [0.2, 0.25) is 0 Å². The van der Waals surface area contributed by atoms with Crippen LogP contribution in [0.25, 0.3) is 0 Å². The second kappa shape index (κ2) is 5.75. The van der Waals surface area contributed by atoms with Gasteiger partial charge in [0.25, 0.3) is 0 Å². The minimum absolute atomic E-state index is 0.253. The Hall–Kier alpha value is -1.43. The molecule has 1 aromatic carbocycles. The van der Waals surface area contributed by atoms with Crippen molar-refractivity contribution in [2.75, 3.05) is 0 Å². The van der Waals surface area contributed by atoms with E-state index in [9.17, 15) is 14.0 Å². The molecule has 21 heavy (non-hydrogen) atoms. The molecule has 0 saturated heterocycles. The third-order valence-corrected chi connectivity index (χ3v) is 4.95. The average molecular weight is 291 g/mol. The zero-order valence-electron chi connectivity index (χ0n) is 13.0. The molecule has 1 fully saturated rings. The highest BCUT2D eigenvalue weighted by atomic mass is 19.1. The third-order valence-electron chi connectivity index (χ3n) is 4.95. The van der Waals surface area contributed by atoms with Crippen molar-refractivity contribution in [3.63, 3.8) is 0 Å². The van der Waals surface area contributed by atoms with Crippen molar-refractivity contribution in [3.8, 4) is 6.07 Å². The second-order valence-electron chi connectivity index (χ2n) is 7.44. The van der Waals surface area contributed by atoms with Crippen molar-refractivity contribution in [1.82, 2.24) is 0 Å². The van der Waals surface area contributed by atoms with Gasteiger partial charge in [-0.25, -0.2) is 8.78 Å². The molecule has 1 saturated carbocycles. The fraction of sp³-hybridized carbons (Fsp3) is 0.611. The van der Waals surface area contributed by atoms with E-state index in [4.69, 9.17) is 0 Å². The predicted molar refractivity (Wildman–Crippen MR) is 79.5 cm³/mol. The number of hydrogen-bond donors (Lipinski definition) is 0. The van der Waals surface area contributed by atoms with Crippen molar-refractivity contribution in [3.05, 3.63) is 35.4 Å². The van der Waals surface area contributed by atoms with Crippen LogP contribution in [0.1, 0.15) is 52.0 Å². The van der Waals surface area contributed by atoms with Crippen molar-refractivity contribution >= 4 is 0 Å². The first kappa shape index (κ1) is 15.9. The lowest BCUT2D eigenvalue weighted by Gasteiger charge is -2.40. The summed E-state index contributed by atoms with van der Waals surface area (Å²) in [5, 5.41) is 9.59. The van der Waals surface area contributed by atoms with E-state index in [0.29, 0.717) is 17.9 Å². The van der Waals surface area contributed by atoms with Crippen molar-refractivity contribution in [2.45, 2.75) is 52.9 Å². The van der Waals surface area contributed by atoms with Crippen LogP contribution in [-0.4, -0.2) is 0 Å². The molecule has 114 valence electrons. The van der Waals surface area contributed by atoms with Gasteiger partial charge in [0.05, 0.1) is 11.5 Å². The molecule has 0 N–H and O–H groups in total. The van der Waals surface area contributed by atoms with Crippen molar-refractivity contribution in [1.29, 1.82) is 5.26 Å². The van der Waals surface area contributed by atoms with Crippen LogP contribution in [0.5, 0.6) is 0 Å². The number of halogens is 2. The van der Waals surface area contributed by atoms with Crippen LogP contribution in [0.4, 0.5) is 8.78 Å². The highest BCUT2D eigenvalue weighted by molar-refractivity contribution is 5.22. The number of nitriles is 1. The Morgan fingerprint density at radius 1 is 1.24 bits per heavy atom. The lowest BCUT2D eigenvalue weighted by molar-refractivity contribution is 0.120. The minimum Gasteiger partial charge on any atom is -0.207 e. The van der Waals surface area contributed by atoms with Gasteiger partial charge in [0.15, 0.2) is 0 Å². The van der Waals surface area contributed by atoms with Gasteiger partial charge in [0, 0.05) is 6.07 Å². The summed E-state index contributed by atoms with van der Waals surface area (Å²) in [6.07, 6.45) is 3.97. The summed E-state index contributed by atoms with van der Waals surface area (Å²) >= 11 is 0. The van der Waals surface area contributed by atoms with Crippen molar-refractivity contribution < 1.29 is 8.78 Å². The third kappa shape index (κ3) is 3.61. The molecule has 1 nitrogen and oxygen atoms in total. The first-order valence-corrected chi connectivity index (χ1v) is 7.61. The van der Waals surface area contributed by atoms with Gasteiger partial charge in [0.1, 0.15) is 11.6 Å². The van der Waals surface area contributed by atoms with E-state index >= 15 is 0 Å². The number of nitrogens with zero attached hydrogens (tertiary/aromatic N) is 1. The molecule has 0 atom stereocenters. The molecule has 0 heterocycles. The van der Waals surface area contributed by atoms with Gasteiger partial charge in [-0.2, -0.15) is 5.26 Å². The fourth-order valence-electron chi connectivity index (χ4n) is 3.39. The highest BCUT2D eigenvalue weighted by Crippen LogP contribution is 2.46. The van der Waals surface area contributed by atoms with Crippen LogP contribution < -0.4 is 0 Å². The van der Waals surface area contributed by atoms with Crippen LogP contribution in [0, 0.1) is 39.7 Å². The Labute approximate surface area is 126 Å². The summed E-state index contributed by atoms with van der Waals surface area (Å²) in [4.78, 5) is 0. The molecule has 0 spiro atoms. The van der Waals surface area contributed by atoms with E-state index < -0.39 is 17.0 Å². The molecule has 0 amide bonds. The van der Waals surface area contributed by atoms with E-state index in [1.807, 2.05) is 0 Å². The standard InChI is InChI=1S/C18H23F2N/c1-17(2,3)14-6-8-18(12-21,9-7-14)11-13-4-5-15(19)10-16(13)20/h4-5,10,14H,6-9,11H2,1-3H3. The Kier molecular flexibility index (Phi) is 4.37.